The van der Waals surface area contributed by atoms with Crippen molar-refractivity contribution >= 4 is 11.6 Å². The second-order valence-corrected chi connectivity index (χ2v) is 6.46. The van der Waals surface area contributed by atoms with Gasteiger partial charge in [0.2, 0.25) is 0 Å². The molecule has 1 aliphatic heterocycles. The number of nitrogens with one attached hydrogen (secondary N) is 2. The summed E-state index contributed by atoms with van der Waals surface area (Å²) >= 11 is 0. The van der Waals surface area contributed by atoms with Gasteiger partial charge in [-0.2, -0.15) is 0 Å². The zero-order valence-electron chi connectivity index (χ0n) is 11.8. The molecule has 1 aromatic rings. The number of fused-ring (bicyclic) bond motifs is 1. The molecule has 0 bridgehead atoms. The number of benzene rings is 1. The van der Waals surface area contributed by atoms with Crippen LogP contribution in [0, 0.1) is 11.3 Å². The summed E-state index contributed by atoms with van der Waals surface area (Å²) < 4.78 is 0. The number of rotatable bonds is 3. The maximum Gasteiger partial charge on any atom is 0.251 e. The van der Waals surface area contributed by atoms with E-state index in [0.29, 0.717) is 11.3 Å². The Balaban J connectivity index is 1.70. The summed E-state index contributed by atoms with van der Waals surface area (Å²) in [5, 5.41) is 6.47. The van der Waals surface area contributed by atoms with Gasteiger partial charge in [0.05, 0.1) is 0 Å². The van der Waals surface area contributed by atoms with Crippen LogP contribution in [0.15, 0.2) is 18.2 Å². The lowest BCUT2D eigenvalue weighted by molar-refractivity contribution is 0.0949. The smallest absolute Gasteiger partial charge is 0.251 e. The van der Waals surface area contributed by atoms with Gasteiger partial charge in [0.15, 0.2) is 0 Å². The molecule has 0 radical (unpaired) electrons. The third-order valence-electron chi connectivity index (χ3n) is 4.57. The summed E-state index contributed by atoms with van der Waals surface area (Å²) in [5.74, 6) is 0.734. The summed E-state index contributed by atoms with van der Waals surface area (Å²) in [5.41, 5.74) is 3.58. The van der Waals surface area contributed by atoms with Gasteiger partial charge < -0.3 is 10.6 Å². The van der Waals surface area contributed by atoms with Crippen molar-refractivity contribution in [1.29, 1.82) is 0 Å². The Kier molecular flexibility index (Phi) is 3.00. The van der Waals surface area contributed by atoms with Gasteiger partial charge in [-0.3, -0.25) is 4.79 Å². The molecule has 0 saturated heterocycles. The zero-order chi connectivity index (χ0) is 13.5. The molecule has 2 N–H and O–H groups in total. The van der Waals surface area contributed by atoms with E-state index in [4.69, 9.17) is 0 Å². The van der Waals surface area contributed by atoms with Gasteiger partial charge in [0, 0.05) is 24.3 Å². The number of amides is 1. The van der Waals surface area contributed by atoms with E-state index in [2.05, 4.69) is 30.5 Å². The maximum absolute atomic E-state index is 12.3. The van der Waals surface area contributed by atoms with Crippen LogP contribution >= 0.6 is 0 Å². The Morgan fingerprint density at radius 3 is 3.00 bits per heavy atom. The van der Waals surface area contributed by atoms with E-state index in [1.807, 2.05) is 12.1 Å². The molecule has 1 aromatic carbocycles. The lowest BCUT2D eigenvalue weighted by Gasteiger charge is -2.20. The van der Waals surface area contributed by atoms with Crippen molar-refractivity contribution < 1.29 is 4.79 Å². The van der Waals surface area contributed by atoms with Crippen LogP contribution in [0.4, 0.5) is 5.69 Å². The van der Waals surface area contributed by atoms with Gasteiger partial charge in [-0.05, 0) is 48.3 Å². The second kappa shape index (κ2) is 4.55. The van der Waals surface area contributed by atoms with Crippen LogP contribution in [0.3, 0.4) is 0 Å². The molecule has 1 fully saturated rings. The van der Waals surface area contributed by atoms with Crippen LogP contribution in [-0.2, 0) is 6.42 Å². The molecule has 1 saturated carbocycles. The normalized spacial score (nSPS) is 23.2. The van der Waals surface area contributed by atoms with Crippen LogP contribution in [0.25, 0.3) is 0 Å². The highest BCUT2D eigenvalue weighted by atomic mass is 16.1. The molecule has 1 heterocycles. The predicted octanol–water partition coefficient (Wildman–Crippen LogP) is 2.82. The molecular weight excluding hydrogens is 236 g/mol. The fourth-order valence-corrected chi connectivity index (χ4v) is 2.96. The Morgan fingerprint density at radius 2 is 2.26 bits per heavy atom. The molecule has 102 valence electrons. The largest absolute Gasteiger partial charge is 0.385 e. The SMILES string of the molecule is CC1(C)CC1CNC(=O)c1cccc2c1CCCN2. The van der Waals surface area contributed by atoms with Gasteiger partial charge in [-0.25, -0.2) is 0 Å². The fourth-order valence-electron chi connectivity index (χ4n) is 2.96. The van der Waals surface area contributed by atoms with Crippen LogP contribution in [0.1, 0.15) is 42.6 Å². The Morgan fingerprint density at radius 1 is 1.47 bits per heavy atom. The predicted molar refractivity (Wildman–Crippen MR) is 77.5 cm³/mol. The van der Waals surface area contributed by atoms with Crippen molar-refractivity contribution in [3.63, 3.8) is 0 Å². The first-order valence-corrected chi connectivity index (χ1v) is 7.22. The monoisotopic (exact) mass is 258 g/mol. The minimum absolute atomic E-state index is 0.0863. The average molecular weight is 258 g/mol. The molecule has 1 amide bonds. The van der Waals surface area contributed by atoms with E-state index in [0.717, 1.165) is 37.2 Å². The van der Waals surface area contributed by atoms with E-state index in [9.17, 15) is 4.79 Å². The first kappa shape index (κ1) is 12.5. The number of hydrogen-bond donors (Lipinski definition) is 2. The van der Waals surface area contributed by atoms with E-state index in [1.165, 1.54) is 12.0 Å². The van der Waals surface area contributed by atoms with Gasteiger partial charge in [0.25, 0.3) is 5.91 Å². The van der Waals surface area contributed by atoms with Crippen molar-refractivity contribution in [2.75, 3.05) is 18.4 Å². The van der Waals surface area contributed by atoms with Crippen molar-refractivity contribution in [2.45, 2.75) is 33.1 Å². The standard InChI is InChI=1S/C16H22N2O/c1-16(2)9-11(16)10-18-15(19)13-5-3-7-14-12(13)6-4-8-17-14/h3,5,7,11,17H,4,6,8-10H2,1-2H3,(H,18,19). The minimum atomic E-state index is 0.0863. The number of carbonyl (C=O) groups excluding carboxylic acids is 1. The maximum atomic E-state index is 12.3. The summed E-state index contributed by atoms with van der Waals surface area (Å²) in [6.45, 7) is 6.34. The summed E-state index contributed by atoms with van der Waals surface area (Å²) in [7, 11) is 0. The van der Waals surface area contributed by atoms with E-state index in [1.54, 1.807) is 0 Å². The third kappa shape index (κ3) is 2.46. The number of anilines is 1. The van der Waals surface area contributed by atoms with Crippen molar-refractivity contribution in [1.82, 2.24) is 5.32 Å². The summed E-state index contributed by atoms with van der Waals surface area (Å²) in [6, 6.07) is 5.97. The highest BCUT2D eigenvalue weighted by molar-refractivity contribution is 5.97. The Labute approximate surface area is 114 Å². The quantitative estimate of drug-likeness (QED) is 0.875. The van der Waals surface area contributed by atoms with Gasteiger partial charge >= 0.3 is 0 Å². The molecular formula is C16H22N2O. The van der Waals surface area contributed by atoms with Crippen molar-refractivity contribution in [3.8, 4) is 0 Å². The van der Waals surface area contributed by atoms with Crippen LogP contribution in [0.2, 0.25) is 0 Å². The summed E-state index contributed by atoms with van der Waals surface area (Å²) in [6.07, 6.45) is 3.33. The van der Waals surface area contributed by atoms with E-state index in [-0.39, 0.29) is 5.91 Å². The molecule has 1 unspecified atom stereocenters. The van der Waals surface area contributed by atoms with Crippen molar-refractivity contribution in [2.24, 2.45) is 11.3 Å². The number of hydrogen-bond acceptors (Lipinski definition) is 2. The van der Waals surface area contributed by atoms with Crippen LogP contribution in [-0.4, -0.2) is 19.0 Å². The lowest BCUT2D eigenvalue weighted by Crippen LogP contribution is -2.28. The molecule has 2 aliphatic rings. The molecule has 19 heavy (non-hydrogen) atoms. The molecule has 3 rings (SSSR count). The van der Waals surface area contributed by atoms with E-state index < -0.39 is 0 Å². The zero-order valence-corrected chi connectivity index (χ0v) is 11.8. The highest BCUT2D eigenvalue weighted by Gasteiger charge is 2.45. The molecule has 1 atom stereocenters. The highest BCUT2D eigenvalue weighted by Crippen LogP contribution is 2.51. The number of carbonyl (C=O) groups is 1. The first-order valence-electron chi connectivity index (χ1n) is 7.22. The Hall–Kier alpha value is -1.51. The molecule has 3 nitrogen and oxygen atoms in total. The molecule has 1 aliphatic carbocycles. The topological polar surface area (TPSA) is 41.1 Å². The lowest BCUT2D eigenvalue weighted by atomic mass is 9.97. The Bertz CT molecular complexity index is 507. The first-order chi connectivity index (χ1) is 9.08. The van der Waals surface area contributed by atoms with Gasteiger partial charge in [-0.15, -0.1) is 0 Å². The van der Waals surface area contributed by atoms with Crippen molar-refractivity contribution in [3.05, 3.63) is 29.3 Å². The third-order valence-corrected chi connectivity index (χ3v) is 4.57. The molecule has 3 heteroatoms. The fraction of sp³-hybridized carbons (Fsp3) is 0.562. The second-order valence-electron chi connectivity index (χ2n) is 6.46. The van der Waals surface area contributed by atoms with Gasteiger partial charge in [0.1, 0.15) is 0 Å². The van der Waals surface area contributed by atoms with E-state index >= 15 is 0 Å². The molecule has 0 spiro atoms. The molecule has 0 aromatic heterocycles. The minimum Gasteiger partial charge on any atom is -0.385 e. The van der Waals surface area contributed by atoms with Crippen LogP contribution < -0.4 is 10.6 Å². The van der Waals surface area contributed by atoms with Crippen LogP contribution in [0.5, 0.6) is 0 Å². The average Bonchev–Trinajstić information content (AvgIpc) is 3.03. The summed E-state index contributed by atoms with van der Waals surface area (Å²) in [4.78, 5) is 12.3. The van der Waals surface area contributed by atoms with Gasteiger partial charge in [-0.1, -0.05) is 19.9 Å².